The lowest BCUT2D eigenvalue weighted by molar-refractivity contribution is -0.132. The van der Waals surface area contributed by atoms with Crippen molar-refractivity contribution in [2.75, 3.05) is 26.0 Å². The quantitative estimate of drug-likeness (QED) is 0.874. The molecular weight excluding hydrogens is 328 g/mol. The van der Waals surface area contributed by atoms with Crippen molar-refractivity contribution in [3.8, 4) is 5.75 Å². The Bertz CT molecular complexity index is 699. The Kier molecular flexibility index (Phi) is 6.21. The predicted octanol–water partition coefficient (Wildman–Crippen LogP) is 2.99. The fourth-order valence-electron chi connectivity index (χ4n) is 2.09. The van der Waals surface area contributed by atoms with Gasteiger partial charge in [-0.25, -0.2) is 0 Å². The maximum absolute atomic E-state index is 12.2. The number of nitrogens with one attached hydrogen (secondary N) is 1. The highest BCUT2D eigenvalue weighted by Gasteiger charge is 2.13. The zero-order valence-corrected chi connectivity index (χ0v) is 14.3. The summed E-state index contributed by atoms with van der Waals surface area (Å²) >= 11 is 5.80. The first kappa shape index (κ1) is 17.8. The predicted molar refractivity (Wildman–Crippen MR) is 94.4 cm³/mol. The highest BCUT2D eigenvalue weighted by atomic mass is 35.5. The van der Waals surface area contributed by atoms with Crippen LogP contribution in [0.5, 0.6) is 5.75 Å². The number of rotatable bonds is 6. The van der Waals surface area contributed by atoms with Crippen molar-refractivity contribution >= 4 is 29.1 Å². The molecule has 0 aliphatic carbocycles. The second kappa shape index (κ2) is 8.36. The molecule has 2 aromatic rings. The van der Waals surface area contributed by atoms with Crippen LogP contribution in [0.15, 0.2) is 48.5 Å². The molecule has 126 valence electrons. The Balaban J connectivity index is 1.85. The monoisotopic (exact) mass is 346 g/mol. The van der Waals surface area contributed by atoms with Gasteiger partial charge in [0.15, 0.2) is 0 Å². The summed E-state index contributed by atoms with van der Waals surface area (Å²) in [5.41, 5.74) is 1.51. The third-order valence-electron chi connectivity index (χ3n) is 3.45. The average molecular weight is 347 g/mol. The molecule has 24 heavy (non-hydrogen) atoms. The lowest BCUT2D eigenvalue weighted by atomic mass is 10.1. The zero-order valence-electron chi connectivity index (χ0n) is 13.6. The average Bonchev–Trinajstić information content (AvgIpc) is 2.57. The molecule has 2 aromatic carbocycles. The Morgan fingerprint density at radius 3 is 2.29 bits per heavy atom. The van der Waals surface area contributed by atoms with E-state index < -0.39 is 0 Å². The number of ether oxygens (including phenoxy) is 1. The second-order valence-corrected chi connectivity index (χ2v) is 5.77. The van der Waals surface area contributed by atoms with Crippen LogP contribution in [0.25, 0.3) is 0 Å². The third-order valence-corrected chi connectivity index (χ3v) is 3.70. The molecule has 6 heteroatoms. The van der Waals surface area contributed by atoms with Crippen LogP contribution >= 0.6 is 11.6 Å². The van der Waals surface area contributed by atoms with Crippen molar-refractivity contribution in [1.82, 2.24) is 4.90 Å². The number of nitrogens with zero attached hydrogens (tertiary/aromatic N) is 1. The summed E-state index contributed by atoms with van der Waals surface area (Å²) in [6, 6.07) is 14.1. The number of benzene rings is 2. The second-order valence-electron chi connectivity index (χ2n) is 5.33. The lowest BCUT2D eigenvalue weighted by Crippen LogP contribution is -2.35. The molecule has 2 amide bonds. The molecule has 0 fully saturated rings. The number of hydrogen-bond acceptors (Lipinski definition) is 3. The van der Waals surface area contributed by atoms with E-state index in [0.717, 1.165) is 11.3 Å². The molecule has 0 spiro atoms. The molecule has 1 N–H and O–H groups in total. The van der Waals surface area contributed by atoms with Crippen molar-refractivity contribution in [3.05, 3.63) is 59.1 Å². The van der Waals surface area contributed by atoms with Gasteiger partial charge in [0, 0.05) is 17.8 Å². The largest absolute Gasteiger partial charge is 0.497 e. The smallest absolute Gasteiger partial charge is 0.243 e. The van der Waals surface area contributed by atoms with Crippen LogP contribution in [0.1, 0.15) is 5.56 Å². The van der Waals surface area contributed by atoms with E-state index in [0.29, 0.717) is 10.7 Å². The van der Waals surface area contributed by atoms with Gasteiger partial charge in [0.05, 0.1) is 20.1 Å². The highest BCUT2D eigenvalue weighted by molar-refractivity contribution is 6.30. The van der Waals surface area contributed by atoms with Gasteiger partial charge in [-0.3, -0.25) is 9.59 Å². The van der Waals surface area contributed by atoms with Gasteiger partial charge in [0.2, 0.25) is 11.8 Å². The summed E-state index contributed by atoms with van der Waals surface area (Å²) in [4.78, 5) is 25.6. The van der Waals surface area contributed by atoms with Gasteiger partial charge in [-0.1, -0.05) is 23.7 Å². The Hall–Kier alpha value is -2.53. The fourth-order valence-corrected chi connectivity index (χ4v) is 2.22. The minimum Gasteiger partial charge on any atom is -0.497 e. The van der Waals surface area contributed by atoms with Crippen molar-refractivity contribution < 1.29 is 14.3 Å². The van der Waals surface area contributed by atoms with Gasteiger partial charge in [-0.2, -0.15) is 0 Å². The SMILES string of the molecule is COc1ccc(CC(=O)N(C)CC(=O)Nc2ccc(Cl)cc2)cc1. The third kappa shape index (κ3) is 5.28. The molecule has 0 aliphatic rings. The van der Waals surface area contributed by atoms with Crippen LogP contribution in [-0.2, 0) is 16.0 Å². The summed E-state index contributed by atoms with van der Waals surface area (Å²) in [5, 5.41) is 3.32. The van der Waals surface area contributed by atoms with Crippen LogP contribution in [0.4, 0.5) is 5.69 Å². The fraction of sp³-hybridized carbons (Fsp3) is 0.222. The number of carbonyl (C=O) groups excluding carboxylic acids is 2. The highest BCUT2D eigenvalue weighted by Crippen LogP contribution is 2.14. The van der Waals surface area contributed by atoms with Crippen LogP contribution in [-0.4, -0.2) is 37.4 Å². The molecule has 0 saturated carbocycles. The number of amides is 2. The summed E-state index contributed by atoms with van der Waals surface area (Å²) < 4.78 is 5.08. The van der Waals surface area contributed by atoms with E-state index in [1.807, 2.05) is 12.1 Å². The standard InChI is InChI=1S/C18H19ClN2O3/c1-21(12-17(22)20-15-7-5-14(19)6-8-15)18(23)11-13-3-9-16(24-2)10-4-13/h3-10H,11-12H2,1-2H3,(H,20,22). The van der Waals surface area contributed by atoms with E-state index >= 15 is 0 Å². The van der Waals surface area contributed by atoms with Crippen molar-refractivity contribution in [3.63, 3.8) is 0 Å². The Labute approximate surface area is 146 Å². The van der Waals surface area contributed by atoms with E-state index in [2.05, 4.69) is 5.32 Å². The molecule has 0 heterocycles. The molecular formula is C18H19ClN2O3. The van der Waals surface area contributed by atoms with E-state index in [1.54, 1.807) is 50.6 Å². The molecule has 2 rings (SSSR count). The molecule has 0 aliphatic heterocycles. The maximum Gasteiger partial charge on any atom is 0.243 e. The minimum atomic E-state index is -0.261. The maximum atomic E-state index is 12.2. The first-order valence-corrected chi connectivity index (χ1v) is 7.78. The van der Waals surface area contributed by atoms with Crippen LogP contribution in [0.2, 0.25) is 5.02 Å². The molecule has 0 unspecified atom stereocenters. The Morgan fingerprint density at radius 2 is 1.71 bits per heavy atom. The Morgan fingerprint density at radius 1 is 1.08 bits per heavy atom. The zero-order chi connectivity index (χ0) is 17.5. The lowest BCUT2D eigenvalue weighted by Gasteiger charge is -2.17. The van der Waals surface area contributed by atoms with E-state index in [-0.39, 0.29) is 24.8 Å². The van der Waals surface area contributed by atoms with Crippen LogP contribution in [0, 0.1) is 0 Å². The van der Waals surface area contributed by atoms with Gasteiger partial charge in [-0.15, -0.1) is 0 Å². The molecule has 0 bridgehead atoms. The van der Waals surface area contributed by atoms with E-state index in [1.165, 1.54) is 4.90 Å². The molecule has 0 radical (unpaired) electrons. The summed E-state index contributed by atoms with van der Waals surface area (Å²) in [6.07, 6.45) is 0.231. The first-order valence-electron chi connectivity index (χ1n) is 7.40. The number of carbonyl (C=O) groups is 2. The summed E-state index contributed by atoms with van der Waals surface area (Å²) in [6.45, 7) is -0.0163. The van der Waals surface area contributed by atoms with E-state index in [4.69, 9.17) is 16.3 Å². The minimum absolute atomic E-state index is 0.0163. The number of anilines is 1. The number of methoxy groups -OCH3 is 1. The molecule has 0 saturated heterocycles. The van der Waals surface area contributed by atoms with Gasteiger partial charge in [-0.05, 0) is 42.0 Å². The first-order chi connectivity index (χ1) is 11.5. The number of hydrogen-bond donors (Lipinski definition) is 1. The number of halogens is 1. The molecule has 5 nitrogen and oxygen atoms in total. The van der Waals surface area contributed by atoms with Crippen LogP contribution < -0.4 is 10.1 Å². The molecule has 0 atom stereocenters. The van der Waals surface area contributed by atoms with Crippen molar-refractivity contribution in [2.24, 2.45) is 0 Å². The van der Waals surface area contributed by atoms with E-state index in [9.17, 15) is 9.59 Å². The van der Waals surface area contributed by atoms with Crippen molar-refractivity contribution in [2.45, 2.75) is 6.42 Å². The van der Waals surface area contributed by atoms with Crippen LogP contribution in [0.3, 0.4) is 0 Å². The molecule has 0 aromatic heterocycles. The normalized spacial score (nSPS) is 10.1. The summed E-state index contributed by atoms with van der Waals surface area (Å²) in [5.74, 6) is 0.344. The van der Waals surface area contributed by atoms with Gasteiger partial charge >= 0.3 is 0 Å². The topological polar surface area (TPSA) is 58.6 Å². The number of likely N-dealkylation sites (N-methyl/N-ethyl adjacent to an activating group) is 1. The summed E-state index contributed by atoms with van der Waals surface area (Å²) in [7, 11) is 3.19. The van der Waals surface area contributed by atoms with Gasteiger partial charge < -0.3 is 15.0 Å². The van der Waals surface area contributed by atoms with Gasteiger partial charge in [0.1, 0.15) is 5.75 Å². The van der Waals surface area contributed by atoms with Gasteiger partial charge in [0.25, 0.3) is 0 Å². The van der Waals surface area contributed by atoms with Crippen molar-refractivity contribution in [1.29, 1.82) is 0 Å².